The van der Waals surface area contributed by atoms with Crippen molar-refractivity contribution >= 4 is 16.6 Å². The van der Waals surface area contributed by atoms with Crippen LogP contribution in [0.1, 0.15) is 0 Å². The van der Waals surface area contributed by atoms with Gasteiger partial charge in [-0.05, 0) is 24.3 Å². The minimum absolute atomic E-state index is 0.106. The Morgan fingerprint density at radius 2 is 2.08 bits per heavy atom. The predicted molar refractivity (Wildman–Crippen MR) is 48.8 cm³/mol. The molecule has 66 valence electrons. The molecule has 0 bridgehead atoms. The first-order valence-electron chi connectivity index (χ1n) is 3.80. The highest BCUT2D eigenvalue weighted by Gasteiger charge is 2.03. The van der Waals surface area contributed by atoms with E-state index in [1.54, 1.807) is 24.4 Å². The lowest BCUT2D eigenvalue weighted by atomic mass is 10.2. The van der Waals surface area contributed by atoms with Crippen molar-refractivity contribution < 1.29 is 10.3 Å². The van der Waals surface area contributed by atoms with Crippen LogP contribution in [0.4, 0.5) is 5.69 Å². The summed E-state index contributed by atoms with van der Waals surface area (Å²) in [6.45, 7) is 0. The number of aromatic nitrogens is 1. The van der Waals surface area contributed by atoms with E-state index in [1.165, 1.54) is 6.07 Å². The number of phenols is 1. The summed E-state index contributed by atoms with van der Waals surface area (Å²) in [7, 11) is 0. The molecule has 0 aliphatic carbocycles. The first-order chi connectivity index (χ1) is 6.33. The number of fused-ring (bicyclic) bond motifs is 1. The zero-order valence-electron chi connectivity index (χ0n) is 6.73. The van der Waals surface area contributed by atoms with Gasteiger partial charge in [-0.15, -0.1) is 0 Å². The van der Waals surface area contributed by atoms with Crippen molar-refractivity contribution in [2.75, 3.05) is 5.48 Å². The standard InChI is InChI=1S/C9H8N2O2/c12-8-4-3-7(11-13)6-2-1-5-10-9(6)8/h1-5,11-13H. The minimum atomic E-state index is 0.106. The molecule has 0 radical (unpaired) electrons. The lowest BCUT2D eigenvalue weighted by Gasteiger charge is -2.04. The molecule has 0 spiro atoms. The number of aromatic hydroxyl groups is 1. The molecule has 0 aliphatic heterocycles. The highest BCUT2D eigenvalue weighted by Crippen LogP contribution is 2.28. The van der Waals surface area contributed by atoms with Gasteiger partial charge in [0, 0.05) is 11.6 Å². The van der Waals surface area contributed by atoms with Crippen LogP contribution in [0.3, 0.4) is 0 Å². The van der Waals surface area contributed by atoms with Crippen LogP contribution < -0.4 is 5.48 Å². The molecule has 0 amide bonds. The molecule has 0 aliphatic rings. The van der Waals surface area contributed by atoms with Gasteiger partial charge in [-0.25, -0.2) is 0 Å². The second-order valence-corrected chi connectivity index (χ2v) is 2.64. The molecular formula is C9H8N2O2. The van der Waals surface area contributed by atoms with E-state index in [9.17, 15) is 5.11 Å². The SMILES string of the molecule is ONc1ccc(O)c2ncccc12. The van der Waals surface area contributed by atoms with E-state index in [4.69, 9.17) is 5.21 Å². The molecule has 2 aromatic rings. The fraction of sp³-hybridized carbons (Fsp3) is 0. The molecule has 13 heavy (non-hydrogen) atoms. The van der Waals surface area contributed by atoms with E-state index in [0.29, 0.717) is 16.6 Å². The summed E-state index contributed by atoms with van der Waals surface area (Å²) >= 11 is 0. The van der Waals surface area contributed by atoms with Gasteiger partial charge in [0.2, 0.25) is 0 Å². The first-order valence-corrected chi connectivity index (χ1v) is 3.80. The lowest BCUT2D eigenvalue weighted by Crippen LogP contribution is -1.91. The summed E-state index contributed by atoms with van der Waals surface area (Å²) in [5, 5.41) is 18.9. The van der Waals surface area contributed by atoms with Gasteiger partial charge in [0.15, 0.2) is 0 Å². The molecule has 0 fully saturated rings. The number of benzene rings is 1. The number of phenolic OH excluding ortho intramolecular Hbond substituents is 1. The largest absolute Gasteiger partial charge is 0.506 e. The third-order valence-electron chi connectivity index (χ3n) is 1.87. The van der Waals surface area contributed by atoms with Crippen LogP contribution in [0.5, 0.6) is 5.75 Å². The van der Waals surface area contributed by atoms with Crippen LogP contribution in [0.2, 0.25) is 0 Å². The first kappa shape index (κ1) is 7.82. The Kier molecular flexibility index (Phi) is 1.75. The normalized spacial score (nSPS) is 10.2. The van der Waals surface area contributed by atoms with Crippen LogP contribution in [0.25, 0.3) is 10.9 Å². The quantitative estimate of drug-likeness (QED) is 0.457. The number of hydrogen-bond acceptors (Lipinski definition) is 4. The van der Waals surface area contributed by atoms with Crippen molar-refractivity contribution in [2.45, 2.75) is 0 Å². The molecule has 1 aromatic heterocycles. The van der Waals surface area contributed by atoms with E-state index >= 15 is 0 Å². The molecule has 0 unspecified atom stereocenters. The Bertz CT molecular complexity index is 443. The highest BCUT2D eigenvalue weighted by atomic mass is 16.5. The van der Waals surface area contributed by atoms with Crippen molar-refractivity contribution in [2.24, 2.45) is 0 Å². The lowest BCUT2D eigenvalue weighted by molar-refractivity contribution is 0.389. The molecule has 1 heterocycles. The molecule has 2 rings (SSSR count). The van der Waals surface area contributed by atoms with Gasteiger partial charge in [0.1, 0.15) is 11.3 Å². The second-order valence-electron chi connectivity index (χ2n) is 2.64. The van der Waals surface area contributed by atoms with Gasteiger partial charge in [0.25, 0.3) is 0 Å². The molecule has 0 saturated carbocycles. The predicted octanol–water partition coefficient (Wildman–Crippen LogP) is 1.74. The fourth-order valence-corrected chi connectivity index (χ4v) is 1.26. The van der Waals surface area contributed by atoms with Crippen LogP contribution in [-0.4, -0.2) is 15.3 Å². The summed E-state index contributed by atoms with van der Waals surface area (Å²) < 4.78 is 0. The van der Waals surface area contributed by atoms with Crippen molar-refractivity contribution in [3.63, 3.8) is 0 Å². The van der Waals surface area contributed by atoms with Gasteiger partial charge < -0.3 is 5.11 Å². The molecule has 4 nitrogen and oxygen atoms in total. The summed E-state index contributed by atoms with van der Waals surface area (Å²) in [6, 6.07) is 6.57. The number of nitrogens with zero attached hydrogens (tertiary/aromatic N) is 1. The molecular weight excluding hydrogens is 168 g/mol. The maximum atomic E-state index is 9.42. The number of nitrogens with one attached hydrogen (secondary N) is 1. The van der Waals surface area contributed by atoms with Crippen LogP contribution in [0.15, 0.2) is 30.5 Å². The maximum Gasteiger partial charge on any atom is 0.141 e. The maximum absolute atomic E-state index is 9.42. The summed E-state index contributed by atoms with van der Waals surface area (Å²) in [4.78, 5) is 3.99. The third-order valence-corrected chi connectivity index (χ3v) is 1.87. The van der Waals surface area contributed by atoms with Crippen LogP contribution >= 0.6 is 0 Å². The van der Waals surface area contributed by atoms with Gasteiger partial charge in [0.05, 0.1) is 5.69 Å². The number of hydrogen-bond donors (Lipinski definition) is 3. The highest BCUT2D eigenvalue weighted by molar-refractivity contribution is 5.94. The molecule has 1 aromatic carbocycles. The summed E-state index contributed by atoms with van der Waals surface area (Å²) in [5.74, 6) is 0.106. The van der Waals surface area contributed by atoms with Crippen molar-refractivity contribution in [3.8, 4) is 5.75 Å². The third kappa shape index (κ3) is 1.17. The van der Waals surface area contributed by atoms with Crippen molar-refractivity contribution in [1.29, 1.82) is 0 Å². The zero-order chi connectivity index (χ0) is 9.26. The summed E-state index contributed by atoms with van der Waals surface area (Å²) in [5.41, 5.74) is 3.05. The van der Waals surface area contributed by atoms with Gasteiger partial charge in [-0.3, -0.25) is 15.7 Å². The van der Waals surface area contributed by atoms with Gasteiger partial charge >= 0.3 is 0 Å². The Morgan fingerprint density at radius 1 is 1.23 bits per heavy atom. The number of pyridine rings is 1. The summed E-state index contributed by atoms with van der Waals surface area (Å²) in [6.07, 6.45) is 1.59. The van der Waals surface area contributed by atoms with Gasteiger partial charge in [-0.1, -0.05) is 0 Å². The van der Waals surface area contributed by atoms with Crippen molar-refractivity contribution in [3.05, 3.63) is 30.5 Å². The van der Waals surface area contributed by atoms with E-state index in [2.05, 4.69) is 4.98 Å². The van der Waals surface area contributed by atoms with Crippen LogP contribution in [0, 0.1) is 0 Å². The topological polar surface area (TPSA) is 65.4 Å². The average molecular weight is 176 g/mol. The number of rotatable bonds is 1. The second kappa shape index (κ2) is 2.91. The van der Waals surface area contributed by atoms with E-state index in [-0.39, 0.29) is 5.75 Å². The molecule has 4 heteroatoms. The smallest absolute Gasteiger partial charge is 0.141 e. The Hall–Kier alpha value is -1.81. The molecule has 0 saturated heterocycles. The Morgan fingerprint density at radius 3 is 2.85 bits per heavy atom. The van der Waals surface area contributed by atoms with Crippen molar-refractivity contribution in [1.82, 2.24) is 4.98 Å². The van der Waals surface area contributed by atoms with E-state index in [1.807, 2.05) is 5.48 Å². The number of anilines is 1. The van der Waals surface area contributed by atoms with Crippen LogP contribution in [-0.2, 0) is 0 Å². The zero-order valence-corrected chi connectivity index (χ0v) is 6.73. The Labute approximate surface area is 74.4 Å². The van der Waals surface area contributed by atoms with E-state index < -0.39 is 0 Å². The van der Waals surface area contributed by atoms with E-state index in [0.717, 1.165) is 0 Å². The Balaban J connectivity index is 2.84. The minimum Gasteiger partial charge on any atom is -0.506 e. The molecule has 3 N–H and O–H groups in total. The molecule has 0 atom stereocenters. The van der Waals surface area contributed by atoms with Gasteiger partial charge in [-0.2, -0.15) is 0 Å². The monoisotopic (exact) mass is 176 g/mol. The fourth-order valence-electron chi connectivity index (χ4n) is 1.26. The average Bonchev–Trinajstić information content (AvgIpc) is 2.19.